The Hall–Kier alpha value is -2.08. The lowest BCUT2D eigenvalue weighted by molar-refractivity contribution is -0.141. The molecule has 124 valence electrons. The molecule has 0 aliphatic carbocycles. The van der Waals surface area contributed by atoms with Crippen LogP contribution in [-0.2, 0) is 20.9 Å². The van der Waals surface area contributed by atoms with Crippen molar-refractivity contribution in [3.8, 4) is 0 Å². The predicted molar refractivity (Wildman–Crippen MR) is 86.7 cm³/mol. The molecule has 23 heavy (non-hydrogen) atoms. The van der Waals surface area contributed by atoms with Crippen LogP contribution in [-0.4, -0.2) is 53.7 Å². The summed E-state index contributed by atoms with van der Waals surface area (Å²) in [7, 11) is 0. The molecule has 0 spiro atoms. The molecule has 6 nitrogen and oxygen atoms in total. The van der Waals surface area contributed by atoms with E-state index in [0.29, 0.717) is 37.7 Å². The van der Waals surface area contributed by atoms with Crippen LogP contribution in [0.5, 0.6) is 0 Å². The molecule has 0 radical (unpaired) electrons. The number of piperazine rings is 1. The molecule has 0 unspecified atom stereocenters. The Kier molecular flexibility index (Phi) is 5.98. The standard InChI is InChI=1S/C16H20ClN3O3/c1-12(21)19-6-8-20(9-7-19)16(23)10-15(22)18-11-13-2-4-14(17)5-3-13/h2-5H,6-11H2,1H3,(H,18,22). The van der Waals surface area contributed by atoms with E-state index in [1.165, 1.54) is 6.92 Å². The van der Waals surface area contributed by atoms with E-state index in [2.05, 4.69) is 5.32 Å². The highest BCUT2D eigenvalue weighted by molar-refractivity contribution is 6.30. The molecule has 1 heterocycles. The van der Waals surface area contributed by atoms with Gasteiger partial charge in [0.05, 0.1) is 0 Å². The Morgan fingerprint density at radius 2 is 1.61 bits per heavy atom. The van der Waals surface area contributed by atoms with Gasteiger partial charge in [0.1, 0.15) is 6.42 Å². The first-order valence-corrected chi connectivity index (χ1v) is 7.88. The number of nitrogens with zero attached hydrogens (tertiary/aromatic N) is 2. The maximum absolute atomic E-state index is 12.1. The number of carbonyl (C=O) groups is 3. The van der Waals surface area contributed by atoms with Gasteiger partial charge in [0.15, 0.2) is 0 Å². The highest BCUT2D eigenvalue weighted by Gasteiger charge is 2.23. The van der Waals surface area contributed by atoms with Crippen LogP contribution in [0.2, 0.25) is 5.02 Å². The van der Waals surface area contributed by atoms with Gasteiger partial charge in [-0.3, -0.25) is 14.4 Å². The molecule has 0 saturated carbocycles. The molecular formula is C16H20ClN3O3. The second-order valence-corrected chi connectivity index (χ2v) is 5.90. The molecule has 1 aromatic rings. The first-order chi connectivity index (χ1) is 11.0. The molecule has 0 bridgehead atoms. The van der Waals surface area contributed by atoms with Crippen LogP contribution in [0.25, 0.3) is 0 Å². The number of halogens is 1. The fourth-order valence-corrected chi connectivity index (χ4v) is 2.51. The Labute approximate surface area is 140 Å². The normalized spacial score (nSPS) is 14.5. The van der Waals surface area contributed by atoms with E-state index in [1.54, 1.807) is 21.9 Å². The van der Waals surface area contributed by atoms with E-state index in [-0.39, 0.29) is 24.1 Å². The van der Waals surface area contributed by atoms with Gasteiger partial charge in [-0.05, 0) is 17.7 Å². The van der Waals surface area contributed by atoms with Gasteiger partial charge >= 0.3 is 0 Å². The van der Waals surface area contributed by atoms with Gasteiger partial charge in [-0.1, -0.05) is 23.7 Å². The lowest BCUT2D eigenvalue weighted by atomic mass is 10.2. The van der Waals surface area contributed by atoms with Gasteiger partial charge in [0, 0.05) is 44.7 Å². The van der Waals surface area contributed by atoms with E-state index in [9.17, 15) is 14.4 Å². The molecule has 1 fully saturated rings. The third-order valence-electron chi connectivity index (χ3n) is 3.79. The minimum atomic E-state index is -0.307. The zero-order valence-electron chi connectivity index (χ0n) is 13.0. The summed E-state index contributed by atoms with van der Waals surface area (Å²) in [6.07, 6.45) is -0.173. The molecule has 3 amide bonds. The van der Waals surface area contributed by atoms with E-state index < -0.39 is 0 Å². The first-order valence-electron chi connectivity index (χ1n) is 7.50. The first kappa shape index (κ1) is 17.3. The van der Waals surface area contributed by atoms with Crippen LogP contribution in [0.15, 0.2) is 24.3 Å². The van der Waals surface area contributed by atoms with Gasteiger partial charge < -0.3 is 15.1 Å². The smallest absolute Gasteiger partial charge is 0.232 e. The predicted octanol–water partition coefficient (Wildman–Crippen LogP) is 1.04. The fraction of sp³-hybridized carbons (Fsp3) is 0.438. The van der Waals surface area contributed by atoms with Gasteiger partial charge in [0.25, 0.3) is 0 Å². The second-order valence-electron chi connectivity index (χ2n) is 5.47. The largest absolute Gasteiger partial charge is 0.352 e. The maximum Gasteiger partial charge on any atom is 0.232 e. The van der Waals surface area contributed by atoms with Crippen molar-refractivity contribution in [2.24, 2.45) is 0 Å². The minimum Gasteiger partial charge on any atom is -0.352 e. The summed E-state index contributed by atoms with van der Waals surface area (Å²) >= 11 is 5.80. The number of nitrogens with one attached hydrogen (secondary N) is 1. The van der Waals surface area contributed by atoms with Gasteiger partial charge in [0.2, 0.25) is 17.7 Å². The summed E-state index contributed by atoms with van der Waals surface area (Å²) in [6.45, 7) is 3.87. The quantitative estimate of drug-likeness (QED) is 0.834. The summed E-state index contributed by atoms with van der Waals surface area (Å²) in [5, 5.41) is 3.36. The Balaban J connectivity index is 1.73. The highest BCUT2D eigenvalue weighted by atomic mass is 35.5. The van der Waals surface area contributed by atoms with E-state index in [1.807, 2.05) is 12.1 Å². The highest BCUT2D eigenvalue weighted by Crippen LogP contribution is 2.09. The van der Waals surface area contributed by atoms with Gasteiger partial charge in [-0.15, -0.1) is 0 Å². The number of amides is 3. The van der Waals surface area contributed by atoms with Crippen molar-refractivity contribution in [3.05, 3.63) is 34.9 Å². The summed E-state index contributed by atoms with van der Waals surface area (Å²) in [4.78, 5) is 38.5. The molecular weight excluding hydrogens is 318 g/mol. The third kappa shape index (κ3) is 5.25. The van der Waals surface area contributed by atoms with Crippen LogP contribution in [0.3, 0.4) is 0 Å². The monoisotopic (exact) mass is 337 g/mol. The third-order valence-corrected chi connectivity index (χ3v) is 4.04. The summed E-state index contributed by atoms with van der Waals surface area (Å²) in [5.41, 5.74) is 0.922. The number of hydrogen-bond donors (Lipinski definition) is 1. The topological polar surface area (TPSA) is 69.7 Å². The summed E-state index contributed by atoms with van der Waals surface area (Å²) in [6, 6.07) is 7.15. The molecule has 1 aromatic carbocycles. The van der Waals surface area contributed by atoms with Crippen molar-refractivity contribution >= 4 is 29.3 Å². The van der Waals surface area contributed by atoms with Crippen LogP contribution >= 0.6 is 11.6 Å². The number of benzene rings is 1. The lowest BCUT2D eigenvalue weighted by Crippen LogP contribution is -2.50. The average molecular weight is 338 g/mol. The van der Waals surface area contributed by atoms with Crippen molar-refractivity contribution in [2.75, 3.05) is 26.2 Å². The molecule has 0 aromatic heterocycles. The molecule has 1 N–H and O–H groups in total. The van der Waals surface area contributed by atoms with Crippen LogP contribution in [0, 0.1) is 0 Å². The summed E-state index contributed by atoms with van der Waals surface area (Å²) in [5.74, 6) is -0.501. The van der Waals surface area contributed by atoms with Crippen LogP contribution < -0.4 is 5.32 Å². The van der Waals surface area contributed by atoms with Crippen molar-refractivity contribution in [1.29, 1.82) is 0 Å². The SMILES string of the molecule is CC(=O)N1CCN(C(=O)CC(=O)NCc2ccc(Cl)cc2)CC1. The van der Waals surface area contributed by atoms with E-state index >= 15 is 0 Å². The van der Waals surface area contributed by atoms with Gasteiger partial charge in [-0.2, -0.15) is 0 Å². The zero-order valence-corrected chi connectivity index (χ0v) is 13.8. The lowest BCUT2D eigenvalue weighted by Gasteiger charge is -2.34. The number of hydrogen-bond acceptors (Lipinski definition) is 3. The van der Waals surface area contributed by atoms with Gasteiger partial charge in [-0.25, -0.2) is 0 Å². The minimum absolute atomic E-state index is 0.0119. The Bertz CT molecular complexity index is 581. The Morgan fingerprint density at radius 3 is 2.17 bits per heavy atom. The maximum atomic E-state index is 12.1. The number of carbonyl (C=O) groups excluding carboxylic acids is 3. The van der Waals surface area contributed by atoms with Crippen LogP contribution in [0.4, 0.5) is 0 Å². The van der Waals surface area contributed by atoms with Crippen molar-refractivity contribution < 1.29 is 14.4 Å². The number of rotatable bonds is 4. The average Bonchev–Trinajstić information content (AvgIpc) is 2.54. The molecule has 2 rings (SSSR count). The zero-order chi connectivity index (χ0) is 16.8. The molecule has 1 saturated heterocycles. The fourth-order valence-electron chi connectivity index (χ4n) is 2.39. The van der Waals surface area contributed by atoms with Crippen LogP contribution in [0.1, 0.15) is 18.9 Å². The van der Waals surface area contributed by atoms with E-state index in [0.717, 1.165) is 5.56 Å². The second kappa shape index (κ2) is 7.97. The van der Waals surface area contributed by atoms with E-state index in [4.69, 9.17) is 11.6 Å². The molecule has 7 heteroatoms. The van der Waals surface area contributed by atoms with Crippen molar-refractivity contribution in [3.63, 3.8) is 0 Å². The summed E-state index contributed by atoms with van der Waals surface area (Å²) < 4.78 is 0. The molecule has 1 aliphatic heterocycles. The molecule has 0 atom stereocenters. The Morgan fingerprint density at radius 1 is 1.04 bits per heavy atom. The van der Waals surface area contributed by atoms with Crippen molar-refractivity contribution in [1.82, 2.24) is 15.1 Å². The van der Waals surface area contributed by atoms with Crippen molar-refractivity contribution in [2.45, 2.75) is 19.9 Å². The molecule has 1 aliphatic rings.